The smallest absolute Gasteiger partial charge is 0.229 e. The maximum absolute atomic E-state index is 12.3. The van der Waals surface area contributed by atoms with Crippen molar-refractivity contribution >= 4 is 22.4 Å². The van der Waals surface area contributed by atoms with Gasteiger partial charge >= 0.3 is 0 Å². The van der Waals surface area contributed by atoms with Crippen LogP contribution >= 0.6 is 11.3 Å². The zero-order chi connectivity index (χ0) is 13.5. The second-order valence-corrected chi connectivity index (χ2v) is 6.94. The molecule has 1 aromatic rings. The van der Waals surface area contributed by atoms with Gasteiger partial charge in [0.15, 0.2) is 5.13 Å². The van der Waals surface area contributed by atoms with Gasteiger partial charge in [0.2, 0.25) is 5.91 Å². The second kappa shape index (κ2) is 4.87. The molecule has 2 N–H and O–H groups in total. The maximum Gasteiger partial charge on any atom is 0.229 e. The van der Waals surface area contributed by atoms with Crippen LogP contribution in [0, 0.1) is 18.3 Å². The van der Waals surface area contributed by atoms with Crippen molar-refractivity contribution in [1.82, 2.24) is 10.3 Å². The Morgan fingerprint density at radius 1 is 1.53 bits per heavy atom. The molecule has 1 aliphatic carbocycles. The summed E-state index contributed by atoms with van der Waals surface area (Å²) in [5.41, 5.74) is 1.41. The third-order valence-corrected chi connectivity index (χ3v) is 5.49. The first-order valence-corrected chi connectivity index (χ1v) is 7.94. The SMILES string of the molecule is CCc1nc(NC(=O)C2CC23CCNCC3)sc1C. The molecule has 0 aromatic carbocycles. The van der Waals surface area contributed by atoms with Gasteiger partial charge in [0.05, 0.1) is 5.69 Å². The first kappa shape index (κ1) is 13.1. The molecule has 1 unspecified atom stereocenters. The summed E-state index contributed by atoms with van der Waals surface area (Å²) in [4.78, 5) is 18.0. The number of hydrogen-bond acceptors (Lipinski definition) is 4. The lowest BCUT2D eigenvalue weighted by atomic mass is 9.92. The van der Waals surface area contributed by atoms with Crippen molar-refractivity contribution in [3.05, 3.63) is 10.6 Å². The standard InChI is InChI=1S/C14H21N3OS/c1-3-11-9(2)19-13(16-11)17-12(18)10-8-14(10)4-6-15-7-5-14/h10,15H,3-8H2,1-2H3,(H,16,17,18). The first-order valence-electron chi connectivity index (χ1n) is 7.12. The molecule has 5 heteroatoms. The van der Waals surface area contributed by atoms with Gasteiger partial charge in [-0.1, -0.05) is 6.92 Å². The van der Waals surface area contributed by atoms with Crippen molar-refractivity contribution in [2.45, 2.75) is 39.5 Å². The lowest BCUT2D eigenvalue weighted by molar-refractivity contribution is -0.118. The van der Waals surface area contributed by atoms with Gasteiger partial charge in [0.1, 0.15) is 0 Å². The van der Waals surface area contributed by atoms with Crippen LogP contribution < -0.4 is 10.6 Å². The number of nitrogens with one attached hydrogen (secondary N) is 2. The number of hydrogen-bond donors (Lipinski definition) is 2. The highest BCUT2D eigenvalue weighted by Gasteiger charge is 2.57. The average Bonchev–Trinajstić information content (AvgIpc) is 2.97. The van der Waals surface area contributed by atoms with Crippen molar-refractivity contribution < 1.29 is 4.79 Å². The van der Waals surface area contributed by atoms with Crippen molar-refractivity contribution in [3.8, 4) is 0 Å². The fourth-order valence-corrected chi connectivity index (χ4v) is 4.10. The third kappa shape index (κ3) is 2.41. The summed E-state index contributed by atoms with van der Waals surface area (Å²) in [6.45, 7) is 6.27. The van der Waals surface area contributed by atoms with E-state index in [1.807, 2.05) is 0 Å². The normalized spacial score (nSPS) is 24.4. The molecule has 4 nitrogen and oxygen atoms in total. The van der Waals surface area contributed by atoms with Gasteiger partial charge < -0.3 is 10.6 Å². The number of thiazole rings is 1. The molecule has 0 bridgehead atoms. The largest absolute Gasteiger partial charge is 0.317 e. The monoisotopic (exact) mass is 279 g/mol. The van der Waals surface area contributed by atoms with Crippen LogP contribution in [0.15, 0.2) is 0 Å². The summed E-state index contributed by atoms with van der Waals surface area (Å²) in [5.74, 6) is 0.391. The molecule has 0 radical (unpaired) electrons. The maximum atomic E-state index is 12.3. The summed E-state index contributed by atoms with van der Waals surface area (Å²) in [6.07, 6.45) is 4.27. The highest BCUT2D eigenvalue weighted by atomic mass is 32.1. The molecular weight excluding hydrogens is 258 g/mol. The van der Waals surface area contributed by atoms with Crippen molar-refractivity contribution in [2.75, 3.05) is 18.4 Å². The van der Waals surface area contributed by atoms with Gasteiger partial charge in [-0.3, -0.25) is 4.79 Å². The quantitative estimate of drug-likeness (QED) is 0.893. The van der Waals surface area contributed by atoms with Crippen molar-refractivity contribution in [3.63, 3.8) is 0 Å². The molecule has 2 fully saturated rings. The summed E-state index contributed by atoms with van der Waals surface area (Å²) in [7, 11) is 0. The minimum absolute atomic E-state index is 0.179. The number of rotatable bonds is 3. The third-order valence-electron chi connectivity index (χ3n) is 4.56. The van der Waals surface area contributed by atoms with Crippen LogP contribution in [0.2, 0.25) is 0 Å². The first-order chi connectivity index (χ1) is 9.14. The molecule has 1 atom stereocenters. The number of anilines is 1. The van der Waals surface area contributed by atoms with E-state index in [2.05, 4.69) is 29.5 Å². The highest BCUT2D eigenvalue weighted by molar-refractivity contribution is 7.15. The van der Waals surface area contributed by atoms with E-state index in [-0.39, 0.29) is 11.8 Å². The van der Waals surface area contributed by atoms with E-state index in [1.54, 1.807) is 11.3 Å². The predicted octanol–water partition coefficient (Wildman–Crippen LogP) is 2.34. The minimum atomic E-state index is 0.179. The number of amides is 1. The Bertz CT molecular complexity index is 491. The molecule has 19 heavy (non-hydrogen) atoms. The minimum Gasteiger partial charge on any atom is -0.317 e. The number of carbonyl (C=O) groups excluding carboxylic acids is 1. The van der Waals surface area contributed by atoms with Gasteiger partial charge in [-0.25, -0.2) is 4.98 Å². The Hall–Kier alpha value is -0.940. The summed E-state index contributed by atoms with van der Waals surface area (Å²) < 4.78 is 0. The molecule has 1 amide bonds. The van der Waals surface area contributed by atoms with Crippen LogP contribution in [-0.4, -0.2) is 24.0 Å². The van der Waals surface area contributed by atoms with Gasteiger partial charge in [-0.2, -0.15) is 0 Å². The summed E-state index contributed by atoms with van der Waals surface area (Å²) >= 11 is 1.59. The van der Waals surface area contributed by atoms with Gasteiger partial charge in [0.25, 0.3) is 0 Å². The van der Waals surface area contributed by atoms with Crippen LogP contribution in [0.25, 0.3) is 0 Å². The fraction of sp³-hybridized carbons (Fsp3) is 0.714. The number of aryl methyl sites for hydroxylation is 2. The molecule has 1 saturated carbocycles. The van der Waals surface area contributed by atoms with Gasteiger partial charge in [-0.15, -0.1) is 11.3 Å². The van der Waals surface area contributed by atoms with E-state index in [1.165, 1.54) is 4.88 Å². The van der Waals surface area contributed by atoms with Crippen molar-refractivity contribution in [1.29, 1.82) is 0 Å². The summed E-state index contributed by atoms with van der Waals surface area (Å²) in [6, 6.07) is 0. The molecular formula is C14H21N3OS. The van der Waals surface area contributed by atoms with E-state index < -0.39 is 0 Å². The molecule has 2 aliphatic rings. The zero-order valence-electron chi connectivity index (χ0n) is 11.6. The average molecular weight is 279 g/mol. The molecule has 2 heterocycles. The Morgan fingerprint density at radius 3 is 2.89 bits per heavy atom. The molecule has 104 valence electrons. The zero-order valence-corrected chi connectivity index (χ0v) is 12.4. The molecule has 1 spiro atoms. The Kier molecular flexibility index (Phi) is 3.35. The highest BCUT2D eigenvalue weighted by Crippen LogP contribution is 2.58. The fourth-order valence-electron chi connectivity index (χ4n) is 3.20. The predicted molar refractivity (Wildman–Crippen MR) is 77.5 cm³/mol. The van der Waals surface area contributed by atoms with E-state index >= 15 is 0 Å². The summed E-state index contributed by atoms with van der Waals surface area (Å²) in [5, 5.41) is 7.16. The van der Waals surface area contributed by atoms with Crippen LogP contribution in [0.4, 0.5) is 5.13 Å². The number of piperidine rings is 1. The van der Waals surface area contributed by atoms with Crippen LogP contribution in [-0.2, 0) is 11.2 Å². The van der Waals surface area contributed by atoms with Gasteiger partial charge in [-0.05, 0) is 51.1 Å². The van der Waals surface area contributed by atoms with Crippen LogP contribution in [0.3, 0.4) is 0 Å². The Labute approximate surface area is 118 Å². The number of nitrogens with zero attached hydrogens (tertiary/aromatic N) is 1. The van der Waals surface area contributed by atoms with E-state index in [9.17, 15) is 4.79 Å². The topological polar surface area (TPSA) is 54.0 Å². The van der Waals surface area contributed by atoms with E-state index in [4.69, 9.17) is 0 Å². The number of aromatic nitrogens is 1. The van der Waals surface area contributed by atoms with Crippen LogP contribution in [0.5, 0.6) is 0 Å². The molecule has 1 aromatic heterocycles. The van der Waals surface area contributed by atoms with Crippen LogP contribution in [0.1, 0.15) is 36.8 Å². The second-order valence-electron chi connectivity index (χ2n) is 5.73. The number of carbonyl (C=O) groups is 1. The van der Waals surface area contributed by atoms with Crippen molar-refractivity contribution in [2.24, 2.45) is 11.3 Å². The molecule has 3 rings (SSSR count). The lowest BCUT2D eigenvalue weighted by Crippen LogP contribution is -2.31. The Morgan fingerprint density at radius 2 is 2.26 bits per heavy atom. The Balaban J connectivity index is 1.63. The molecule has 1 aliphatic heterocycles. The van der Waals surface area contributed by atoms with E-state index in [0.29, 0.717) is 5.41 Å². The van der Waals surface area contributed by atoms with E-state index in [0.717, 1.165) is 49.6 Å². The lowest BCUT2D eigenvalue weighted by Gasteiger charge is -2.22. The van der Waals surface area contributed by atoms with Gasteiger partial charge in [0, 0.05) is 10.8 Å². The molecule has 1 saturated heterocycles.